The summed E-state index contributed by atoms with van der Waals surface area (Å²) in [6.45, 7) is 9.57. The first-order chi connectivity index (χ1) is 18.9. The van der Waals surface area contributed by atoms with E-state index in [1.807, 2.05) is 38.1 Å². The second-order valence-corrected chi connectivity index (χ2v) is 10.6. The lowest BCUT2D eigenvalue weighted by Gasteiger charge is -2.25. The third-order valence-corrected chi connectivity index (χ3v) is 6.54. The molecular formula is C29H44BN3O7. The molecular weight excluding hydrogens is 513 g/mol. The van der Waals surface area contributed by atoms with Crippen LogP contribution >= 0.6 is 0 Å². The second kappa shape index (κ2) is 15.4. The number of carbonyl (C=O) groups excluding carboxylic acids is 2. The number of anilines is 1. The zero-order chi connectivity index (χ0) is 30.0. The van der Waals surface area contributed by atoms with Crippen LogP contribution in [0, 0.1) is 5.92 Å². The Kier molecular flexibility index (Phi) is 12.6. The fourth-order valence-corrected chi connectivity index (χ4v) is 4.34. The van der Waals surface area contributed by atoms with E-state index in [-0.39, 0.29) is 12.3 Å². The van der Waals surface area contributed by atoms with Crippen LogP contribution in [-0.4, -0.2) is 68.3 Å². The van der Waals surface area contributed by atoms with Crippen molar-refractivity contribution in [1.82, 2.24) is 10.6 Å². The van der Waals surface area contributed by atoms with Gasteiger partial charge >= 0.3 is 7.12 Å². The predicted octanol–water partition coefficient (Wildman–Crippen LogP) is 2.91. The number of hydrogen-bond acceptors (Lipinski definition) is 8. The lowest BCUT2D eigenvalue weighted by Crippen LogP contribution is -2.55. The third-order valence-electron chi connectivity index (χ3n) is 6.54. The Labute approximate surface area is 237 Å². The van der Waals surface area contributed by atoms with Crippen LogP contribution in [0.25, 0.3) is 0 Å². The van der Waals surface area contributed by atoms with Crippen molar-refractivity contribution in [1.29, 1.82) is 0 Å². The molecule has 0 aliphatic rings. The van der Waals surface area contributed by atoms with Crippen LogP contribution in [0.2, 0.25) is 0 Å². The molecule has 0 aromatic heterocycles. The highest BCUT2D eigenvalue weighted by Gasteiger charge is 2.30. The Morgan fingerprint density at radius 1 is 0.875 bits per heavy atom. The van der Waals surface area contributed by atoms with Gasteiger partial charge in [-0.25, -0.2) is 0 Å². The summed E-state index contributed by atoms with van der Waals surface area (Å²) in [5.41, 5.74) is 2.62. The molecule has 40 heavy (non-hydrogen) atoms. The van der Waals surface area contributed by atoms with Gasteiger partial charge in [-0.1, -0.05) is 39.8 Å². The van der Waals surface area contributed by atoms with Crippen LogP contribution in [0.1, 0.15) is 58.1 Å². The number of hydrogen-bond donors (Lipinski definition) is 5. The van der Waals surface area contributed by atoms with Gasteiger partial charge in [0.05, 0.1) is 27.3 Å². The van der Waals surface area contributed by atoms with Crippen LogP contribution in [0.15, 0.2) is 36.4 Å². The maximum Gasteiger partial charge on any atom is 0.475 e. The van der Waals surface area contributed by atoms with Gasteiger partial charge in [-0.2, -0.15) is 0 Å². The molecule has 0 aliphatic heterocycles. The van der Waals surface area contributed by atoms with Gasteiger partial charge in [0.15, 0.2) is 11.5 Å². The highest BCUT2D eigenvalue weighted by Crippen LogP contribution is 2.38. The quantitative estimate of drug-likeness (QED) is 0.211. The molecule has 3 unspecified atom stereocenters. The normalized spacial score (nSPS) is 13.3. The molecule has 0 bridgehead atoms. The van der Waals surface area contributed by atoms with E-state index in [9.17, 15) is 19.6 Å². The molecule has 0 saturated heterocycles. The molecule has 0 aliphatic carbocycles. The number of ether oxygens (including phenoxy) is 3. The maximum absolute atomic E-state index is 13.6. The van der Waals surface area contributed by atoms with E-state index in [0.29, 0.717) is 29.6 Å². The van der Waals surface area contributed by atoms with E-state index in [1.165, 1.54) is 21.3 Å². The van der Waals surface area contributed by atoms with Crippen LogP contribution in [0.3, 0.4) is 0 Å². The van der Waals surface area contributed by atoms with Gasteiger partial charge < -0.3 is 40.2 Å². The fraction of sp³-hybridized carbons (Fsp3) is 0.517. The lowest BCUT2D eigenvalue weighted by molar-refractivity contribution is -0.129. The smallest absolute Gasteiger partial charge is 0.475 e. The topological polar surface area (TPSA) is 138 Å². The molecule has 2 aromatic rings. The summed E-state index contributed by atoms with van der Waals surface area (Å²) in [5.74, 6) is 0.0305. The van der Waals surface area contributed by atoms with Crippen molar-refractivity contribution in [2.75, 3.05) is 26.6 Å². The molecule has 5 N–H and O–H groups in total. The van der Waals surface area contributed by atoms with Gasteiger partial charge in [-0.05, 0) is 60.6 Å². The first-order valence-corrected chi connectivity index (χ1v) is 13.5. The Morgan fingerprint density at radius 2 is 1.50 bits per heavy atom. The van der Waals surface area contributed by atoms with Crippen LogP contribution < -0.4 is 30.2 Å². The summed E-state index contributed by atoms with van der Waals surface area (Å²) in [7, 11) is 2.86. The fourth-order valence-electron chi connectivity index (χ4n) is 4.34. The molecule has 2 rings (SSSR count). The average Bonchev–Trinajstić information content (AvgIpc) is 2.91. The summed E-state index contributed by atoms with van der Waals surface area (Å²) in [6, 6.07) is 9.71. The summed E-state index contributed by atoms with van der Waals surface area (Å²) in [4.78, 5) is 26.4. The minimum absolute atomic E-state index is 0.130. The average molecular weight is 557 g/mol. The van der Waals surface area contributed by atoms with Crippen molar-refractivity contribution in [3.05, 3.63) is 47.5 Å². The molecule has 10 nitrogen and oxygen atoms in total. The van der Waals surface area contributed by atoms with Crippen molar-refractivity contribution in [3.63, 3.8) is 0 Å². The number of carbonyl (C=O) groups is 2. The van der Waals surface area contributed by atoms with Gasteiger partial charge in [-0.3, -0.25) is 9.59 Å². The zero-order valence-corrected chi connectivity index (χ0v) is 24.8. The van der Waals surface area contributed by atoms with Gasteiger partial charge in [0, 0.05) is 12.1 Å². The van der Waals surface area contributed by atoms with Gasteiger partial charge in [0.2, 0.25) is 17.6 Å². The van der Waals surface area contributed by atoms with Crippen LogP contribution in [-0.2, 0) is 16.0 Å². The Hall–Kier alpha value is -3.44. The Balaban J connectivity index is 2.33. The van der Waals surface area contributed by atoms with Gasteiger partial charge in [0.1, 0.15) is 12.1 Å². The minimum atomic E-state index is -1.71. The molecule has 2 aromatic carbocycles. The second-order valence-electron chi connectivity index (χ2n) is 10.6. The van der Waals surface area contributed by atoms with E-state index >= 15 is 0 Å². The van der Waals surface area contributed by atoms with Gasteiger partial charge in [0.25, 0.3) is 0 Å². The number of methoxy groups -OCH3 is 3. The molecule has 3 atom stereocenters. The van der Waals surface area contributed by atoms with Crippen molar-refractivity contribution < 1.29 is 33.8 Å². The van der Waals surface area contributed by atoms with Crippen LogP contribution in [0.5, 0.6) is 17.2 Å². The van der Waals surface area contributed by atoms with E-state index in [2.05, 4.69) is 29.8 Å². The van der Waals surface area contributed by atoms with Crippen molar-refractivity contribution in [2.24, 2.45) is 5.92 Å². The molecule has 220 valence electrons. The van der Waals surface area contributed by atoms with Crippen molar-refractivity contribution >= 4 is 24.6 Å². The highest BCUT2D eigenvalue weighted by atomic mass is 16.5. The monoisotopic (exact) mass is 557 g/mol. The van der Waals surface area contributed by atoms with Crippen molar-refractivity contribution in [2.45, 2.75) is 71.4 Å². The molecule has 2 amide bonds. The minimum Gasteiger partial charge on any atom is -0.493 e. The third kappa shape index (κ3) is 9.34. The van der Waals surface area contributed by atoms with Gasteiger partial charge in [-0.15, -0.1) is 0 Å². The summed E-state index contributed by atoms with van der Waals surface area (Å²) >= 11 is 0. The molecule has 0 heterocycles. The summed E-state index contributed by atoms with van der Waals surface area (Å²) in [6.07, 6.45) is 0.621. The SMILES string of the molecule is COc1cc(CC(Nc2cccc(C(C)C)c2)C(=O)NC(C)C(=O)NC(CC(C)C)B(O)O)cc(OC)c1OC. The van der Waals surface area contributed by atoms with E-state index < -0.39 is 37.0 Å². The first kappa shape index (κ1) is 32.8. The highest BCUT2D eigenvalue weighted by molar-refractivity contribution is 6.43. The summed E-state index contributed by atoms with van der Waals surface area (Å²) < 4.78 is 16.4. The standard InChI is InChI=1S/C29H44BN3O7/c1-17(2)12-26(30(36)37)33-28(34)19(5)31-29(35)23(32-22-11-9-10-21(16-22)18(3)4)13-20-14-24(38-6)27(40-8)25(15-20)39-7/h9-11,14-19,23,26,32,36-37H,12-13H2,1-8H3,(H,31,35)(H,33,34). The van der Waals surface area contributed by atoms with E-state index in [1.54, 1.807) is 19.1 Å². The molecule has 0 saturated carbocycles. The molecule has 0 radical (unpaired) electrons. The number of nitrogens with one attached hydrogen (secondary N) is 3. The van der Waals surface area contributed by atoms with E-state index in [4.69, 9.17) is 14.2 Å². The van der Waals surface area contributed by atoms with E-state index in [0.717, 1.165) is 16.8 Å². The largest absolute Gasteiger partial charge is 0.493 e. The summed E-state index contributed by atoms with van der Waals surface area (Å²) in [5, 5.41) is 28.1. The zero-order valence-electron chi connectivity index (χ0n) is 24.8. The predicted molar refractivity (Wildman–Crippen MR) is 157 cm³/mol. The molecule has 11 heteroatoms. The van der Waals surface area contributed by atoms with Crippen LogP contribution in [0.4, 0.5) is 5.69 Å². The molecule has 0 spiro atoms. The first-order valence-electron chi connectivity index (χ1n) is 13.5. The maximum atomic E-state index is 13.6. The number of amides is 2. The number of rotatable bonds is 15. The lowest BCUT2D eigenvalue weighted by atomic mass is 9.75. The van der Waals surface area contributed by atoms with Crippen molar-refractivity contribution in [3.8, 4) is 17.2 Å². The Bertz CT molecular complexity index is 1100. The number of benzene rings is 2. The Morgan fingerprint density at radius 3 is 2.00 bits per heavy atom. The molecule has 0 fully saturated rings.